The van der Waals surface area contributed by atoms with Crippen LogP contribution in [-0.4, -0.2) is 19.2 Å². The van der Waals surface area contributed by atoms with Gasteiger partial charge in [-0.2, -0.15) is 0 Å². The van der Waals surface area contributed by atoms with Crippen LogP contribution in [0.4, 0.5) is 0 Å². The van der Waals surface area contributed by atoms with Crippen LogP contribution in [0, 0.1) is 0 Å². The van der Waals surface area contributed by atoms with Crippen molar-refractivity contribution < 1.29 is 13.9 Å². The maximum Gasteiger partial charge on any atom is 0.339 e. The summed E-state index contributed by atoms with van der Waals surface area (Å²) in [6.45, 7) is 0. The first-order valence-corrected chi connectivity index (χ1v) is 7.49. The molecule has 122 valence electrons. The number of benzene rings is 2. The number of nitrogens with zero attached hydrogens (tertiary/aromatic N) is 1. The monoisotopic (exact) mass is 343 g/mol. The minimum absolute atomic E-state index is 0.210. The quantitative estimate of drug-likeness (QED) is 0.715. The lowest BCUT2D eigenvalue weighted by atomic mass is 10.1. The van der Waals surface area contributed by atoms with Gasteiger partial charge in [-0.1, -0.05) is 11.6 Å². The van der Waals surface area contributed by atoms with E-state index in [4.69, 9.17) is 25.5 Å². The number of hydrogen-bond donors (Lipinski definition) is 0. The molecule has 2 aromatic carbocycles. The molecule has 0 aliphatic carbocycles. The smallest absolute Gasteiger partial charge is 0.339 e. The van der Waals surface area contributed by atoms with Crippen molar-refractivity contribution in [2.45, 2.75) is 0 Å². The molecule has 24 heavy (non-hydrogen) atoms. The third kappa shape index (κ3) is 3.26. The molecule has 0 fully saturated rings. The topological polar surface area (TPSA) is 61.6 Å². The minimum Gasteiger partial charge on any atom is -0.497 e. The molecule has 3 rings (SSSR count). The second-order valence-electron chi connectivity index (χ2n) is 4.94. The normalized spacial score (nSPS) is 10.5. The largest absolute Gasteiger partial charge is 0.497 e. The fourth-order valence-electron chi connectivity index (χ4n) is 2.28. The van der Waals surface area contributed by atoms with E-state index in [2.05, 4.69) is 4.98 Å². The second-order valence-corrected chi connectivity index (χ2v) is 5.38. The van der Waals surface area contributed by atoms with Crippen molar-refractivity contribution in [3.8, 4) is 34.2 Å². The van der Waals surface area contributed by atoms with Gasteiger partial charge in [-0.3, -0.25) is 0 Å². The van der Waals surface area contributed by atoms with Crippen molar-refractivity contribution in [2.24, 2.45) is 0 Å². The van der Waals surface area contributed by atoms with E-state index in [0.29, 0.717) is 33.3 Å². The molecule has 5 nitrogen and oxygen atoms in total. The average Bonchev–Trinajstić information content (AvgIpc) is 2.61. The molecular weight excluding hydrogens is 330 g/mol. The Labute approximate surface area is 143 Å². The Bertz CT molecular complexity index is 919. The maximum atomic E-state index is 12.0. The van der Waals surface area contributed by atoms with Crippen LogP contribution in [0.3, 0.4) is 0 Å². The first-order chi connectivity index (χ1) is 11.6. The first kappa shape index (κ1) is 16.1. The number of rotatable bonds is 4. The highest BCUT2D eigenvalue weighted by Gasteiger charge is 2.13. The molecular formula is C18H14ClNO4. The number of methoxy groups -OCH3 is 2. The average molecular weight is 344 g/mol. The lowest BCUT2D eigenvalue weighted by molar-refractivity contribution is 0.414. The third-order valence-corrected chi connectivity index (χ3v) is 3.68. The molecule has 0 saturated carbocycles. The molecule has 0 amide bonds. The van der Waals surface area contributed by atoms with Gasteiger partial charge in [0.15, 0.2) is 0 Å². The molecule has 0 radical (unpaired) electrons. The Kier molecular flexibility index (Phi) is 4.53. The fourth-order valence-corrected chi connectivity index (χ4v) is 2.45. The van der Waals surface area contributed by atoms with Crippen molar-refractivity contribution in [2.75, 3.05) is 14.2 Å². The SMILES string of the molecule is COc1ccc(-c2nc(-c3cc(Cl)ccc3OC)cc(=O)o2)cc1. The number of hydrogen-bond acceptors (Lipinski definition) is 5. The summed E-state index contributed by atoms with van der Waals surface area (Å²) >= 11 is 6.05. The number of ether oxygens (including phenoxy) is 2. The van der Waals surface area contributed by atoms with Gasteiger partial charge in [-0.15, -0.1) is 0 Å². The van der Waals surface area contributed by atoms with Crippen LogP contribution < -0.4 is 15.1 Å². The molecule has 6 heteroatoms. The fraction of sp³-hybridized carbons (Fsp3) is 0.111. The Morgan fingerprint density at radius 3 is 2.42 bits per heavy atom. The van der Waals surface area contributed by atoms with Gasteiger partial charge in [-0.05, 0) is 42.5 Å². The molecule has 0 atom stereocenters. The summed E-state index contributed by atoms with van der Waals surface area (Å²) in [5, 5.41) is 0.520. The molecule has 0 spiro atoms. The van der Waals surface area contributed by atoms with Crippen LogP contribution in [0.1, 0.15) is 0 Å². The molecule has 0 aliphatic rings. The van der Waals surface area contributed by atoms with Gasteiger partial charge >= 0.3 is 5.63 Å². The summed E-state index contributed by atoms with van der Waals surface area (Å²) in [6, 6.07) is 13.5. The van der Waals surface area contributed by atoms with Crippen molar-refractivity contribution in [1.29, 1.82) is 0 Å². The van der Waals surface area contributed by atoms with E-state index in [-0.39, 0.29) is 5.89 Å². The van der Waals surface area contributed by atoms with Crippen LogP contribution in [0.2, 0.25) is 5.02 Å². The molecule has 1 aromatic heterocycles. The highest BCUT2D eigenvalue weighted by molar-refractivity contribution is 6.30. The zero-order chi connectivity index (χ0) is 17.1. The summed E-state index contributed by atoms with van der Waals surface area (Å²) in [7, 11) is 3.13. The first-order valence-electron chi connectivity index (χ1n) is 7.11. The lowest BCUT2D eigenvalue weighted by Crippen LogP contribution is -2.02. The summed E-state index contributed by atoms with van der Waals surface area (Å²) < 4.78 is 15.7. The van der Waals surface area contributed by atoms with Crippen molar-refractivity contribution in [1.82, 2.24) is 4.98 Å². The predicted molar refractivity (Wildman–Crippen MR) is 91.8 cm³/mol. The summed E-state index contributed by atoms with van der Waals surface area (Å²) in [4.78, 5) is 16.4. The van der Waals surface area contributed by atoms with E-state index in [0.717, 1.165) is 0 Å². The van der Waals surface area contributed by atoms with Gasteiger partial charge in [0, 0.05) is 16.1 Å². The second kappa shape index (κ2) is 6.76. The number of aromatic nitrogens is 1. The molecule has 3 aromatic rings. The molecule has 0 bridgehead atoms. The zero-order valence-corrected chi connectivity index (χ0v) is 13.8. The van der Waals surface area contributed by atoms with E-state index >= 15 is 0 Å². The Morgan fingerprint density at radius 1 is 1.00 bits per heavy atom. The van der Waals surface area contributed by atoms with Crippen LogP contribution >= 0.6 is 11.6 Å². The Hall–Kier alpha value is -2.79. The van der Waals surface area contributed by atoms with E-state index < -0.39 is 5.63 Å². The summed E-state index contributed by atoms with van der Waals surface area (Å²) in [5.41, 5.74) is 1.20. The van der Waals surface area contributed by atoms with Crippen molar-refractivity contribution in [3.05, 3.63) is 64.0 Å². The van der Waals surface area contributed by atoms with Crippen LogP contribution in [0.25, 0.3) is 22.7 Å². The van der Waals surface area contributed by atoms with Gasteiger partial charge in [-0.25, -0.2) is 9.78 Å². The Morgan fingerprint density at radius 2 is 1.75 bits per heavy atom. The van der Waals surface area contributed by atoms with Crippen molar-refractivity contribution >= 4 is 11.6 Å². The maximum absolute atomic E-state index is 12.0. The standard InChI is InChI=1S/C18H14ClNO4/c1-22-13-6-3-11(4-7-13)18-20-15(10-17(21)24-18)14-9-12(19)5-8-16(14)23-2/h3-10H,1-2H3. The van der Waals surface area contributed by atoms with Gasteiger partial charge < -0.3 is 13.9 Å². The predicted octanol–water partition coefficient (Wildman–Crippen LogP) is 4.04. The highest BCUT2D eigenvalue weighted by Crippen LogP contribution is 2.32. The van der Waals surface area contributed by atoms with Gasteiger partial charge in [0.2, 0.25) is 5.89 Å². The molecule has 0 saturated heterocycles. The molecule has 0 unspecified atom stereocenters. The van der Waals surface area contributed by atoms with E-state index in [1.807, 2.05) is 0 Å². The Balaban J connectivity index is 2.12. The van der Waals surface area contributed by atoms with E-state index in [1.54, 1.807) is 56.7 Å². The van der Waals surface area contributed by atoms with Gasteiger partial charge in [0.1, 0.15) is 11.5 Å². The highest BCUT2D eigenvalue weighted by atomic mass is 35.5. The van der Waals surface area contributed by atoms with Crippen molar-refractivity contribution in [3.63, 3.8) is 0 Å². The van der Waals surface area contributed by atoms with Crippen LogP contribution in [-0.2, 0) is 0 Å². The summed E-state index contributed by atoms with van der Waals surface area (Å²) in [5.74, 6) is 1.48. The lowest BCUT2D eigenvalue weighted by Gasteiger charge is -2.09. The van der Waals surface area contributed by atoms with E-state index in [9.17, 15) is 4.79 Å². The van der Waals surface area contributed by atoms with Crippen LogP contribution in [0.5, 0.6) is 11.5 Å². The van der Waals surface area contributed by atoms with E-state index in [1.165, 1.54) is 6.07 Å². The van der Waals surface area contributed by atoms with Gasteiger partial charge in [0.05, 0.1) is 26.0 Å². The number of halogens is 1. The molecule has 0 aliphatic heterocycles. The van der Waals surface area contributed by atoms with Gasteiger partial charge in [0.25, 0.3) is 0 Å². The minimum atomic E-state index is -0.507. The summed E-state index contributed by atoms with van der Waals surface area (Å²) in [6.07, 6.45) is 0. The molecule has 1 heterocycles. The molecule has 0 N–H and O–H groups in total. The zero-order valence-electron chi connectivity index (χ0n) is 13.1. The third-order valence-electron chi connectivity index (χ3n) is 3.45. The van der Waals surface area contributed by atoms with Crippen LogP contribution in [0.15, 0.2) is 57.7 Å².